The lowest BCUT2D eigenvalue weighted by atomic mass is 9.82. The van der Waals surface area contributed by atoms with E-state index in [1.807, 2.05) is 0 Å². The average molecular weight is 743 g/mol. The number of esters is 2. The number of carboxylic acid groups (broad SMARTS) is 1. The SMILES string of the molecule is CC#CCOc1ccc(C[C@H](NC(=O)[C@@H](C=CCCCCCCC(=O)CCCCCCC)[C@@](O)(CC(=O)OCC(=O)N(C)C)C(=O)O)C(=O)OC)cc1. The van der Waals surface area contributed by atoms with Gasteiger partial charge in [0, 0.05) is 33.4 Å². The molecule has 0 saturated heterocycles. The van der Waals surface area contributed by atoms with E-state index in [1.54, 1.807) is 31.2 Å². The van der Waals surface area contributed by atoms with Crippen molar-refractivity contribution in [1.82, 2.24) is 10.2 Å². The van der Waals surface area contributed by atoms with Crippen LogP contribution in [-0.4, -0.2) is 96.7 Å². The number of carbonyl (C=O) groups excluding carboxylic acids is 5. The topological polar surface area (TPSA) is 186 Å². The number of ketones is 1. The van der Waals surface area contributed by atoms with Gasteiger partial charge in [0.15, 0.2) is 12.2 Å². The lowest BCUT2D eigenvalue weighted by molar-refractivity contribution is -0.174. The molecule has 0 heterocycles. The van der Waals surface area contributed by atoms with Gasteiger partial charge in [-0.3, -0.25) is 19.2 Å². The van der Waals surface area contributed by atoms with Gasteiger partial charge in [0.1, 0.15) is 24.2 Å². The molecule has 0 fully saturated rings. The van der Waals surface area contributed by atoms with Gasteiger partial charge in [0.05, 0.1) is 19.4 Å². The number of carbonyl (C=O) groups is 6. The Hall–Kier alpha value is -4.70. The molecule has 0 bridgehead atoms. The van der Waals surface area contributed by atoms with Crippen LogP contribution in [0.5, 0.6) is 5.75 Å². The molecule has 0 aliphatic heterocycles. The highest BCUT2D eigenvalue weighted by Crippen LogP contribution is 2.26. The number of nitrogens with zero attached hydrogens (tertiary/aromatic N) is 1. The Morgan fingerprint density at radius 1 is 0.943 bits per heavy atom. The molecule has 0 spiro atoms. The minimum atomic E-state index is -3.00. The highest BCUT2D eigenvalue weighted by Gasteiger charge is 2.49. The Labute approximate surface area is 313 Å². The first-order chi connectivity index (χ1) is 25.3. The van der Waals surface area contributed by atoms with Crippen molar-refractivity contribution in [1.29, 1.82) is 0 Å². The number of aliphatic carboxylic acids is 1. The van der Waals surface area contributed by atoms with Crippen molar-refractivity contribution in [2.45, 2.75) is 115 Å². The first kappa shape index (κ1) is 46.3. The number of hydrogen-bond acceptors (Lipinski definition) is 10. The van der Waals surface area contributed by atoms with Crippen LogP contribution in [0.15, 0.2) is 36.4 Å². The number of hydrogen-bond donors (Lipinski definition) is 3. The van der Waals surface area contributed by atoms with Crippen LogP contribution in [0.3, 0.4) is 0 Å². The van der Waals surface area contributed by atoms with Gasteiger partial charge in [-0.25, -0.2) is 9.59 Å². The van der Waals surface area contributed by atoms with Gasteiger partial charge < -0.3 is 34.6 Å². The quantitative estimate of drug-likeness (QED) is 0.0497. The summed E-state index contributed by atoms with van der Waals surface area (Å²) in [5.41, 5.74) is -2.39. The summed E-state index contributed by atoms with van der Waals surface area (Å²) < 4.78 is 15.3. The third-order valence-corrected chi connectivity index (χ3v) is 8.55. The Morgan fingerprint density at radius 2 is 1.57 bits per heavy atom. The van der Waals surface area contributed by atoms with Crippen LogP contribution in [-0.2, 0) is 44.7 Å². The van der Waals surface area contributed by atoms with Crippen molar-refractivity contribution in [2.75, 3.05) is 34.4 Å². The summed E-state index contributed by atoms with van der Waals surface area (Å²) >= 11 is 0. The van der Waals surface area contributed by atoms with Gasteiger partial charge in [-0.2, -0.15) is 0 Å². The summed E-state index contributed by atoms with van der Waals surface area (Å²) in [6, 6.07) is 5.40. The smallest absolute Gasteiger partial charge is 0.337 e. The average Bonchev–Trinajstić information content (AvgIpc) is 3.12. The van der Waals surface area contributed by atoms with E-state index in [9.17, 15) is 39.0 Å². The van der Waals surface area contributed by atoms with E-state index in [0.717, 1.165) is 57.0 Å². The number of likely N-dealkylation sites (N-methyl/N-ethyl adjacent to an activating group) is 1. The number of benzene rings is 1. The van der Waals surface area contributed by atoms with Crippen LogP contribution >= 0.6 is 0 Å². The van der Waals surface area contributed by atoms with E-state index >= 15 is 0 Å². The molecule has 1 aromatic carbocycles. The molecule has 1 aromatic rings. The van der Waals surface area contributed by atoms with Crippen molar-refractivity contribution in [2.24, 2.45) is 5.92 Å². The van der Waals surface area contributed by atoms with Crippen molar-refractivity contribution in [3.05, 3.63) is 42.0 Å². The maximum Gasteiger partial charge on any atom is 0.337 e. The standard InChI is InChI=1S/C40H58N2O11/c1-6-8-10-13-16-19-31(43)20-17-14-11-12-15-18-21-33(40(50,39(48)49)28-36(45)53-29-35(44)42(3)4)37(46)41-34(38(47)51-5)27-30-22-24-32(25-23-30)52-26-9-7-2/h18,21-25,33-34,50H,6,8,10-17,19-20,26-29H2,1-5H3,(H,41,46)(H,48,49)/t33-,34+,40+/m1/s1. The predicted octanol–water partition coefficient (Wildman–Crippen LogP) is 4.57. The zero-order valence-corrected chi connectivity index (χ0v) is 31.9. The van der Waals surface area contributed by atoms with Gasteiger partial charge in [-0.15, -0.1) is 5.92 Å². The Morgan fingerprint density at radius 3 is 2.13 bits per heavy atom. The second-order valence-corrected chi connectivity index (χ2v) is 13.1. The Bertz CT molecular complexity index is 1410. The molecule has 0 saturated carbocycles. The fourth-order valence-corrected chi connectivity index (χ4v) is 5.29. The molecule has 13 heteroatoms. The van der Waals surface area contributed by atoms with Gasteiger partial charge >= 0.3 is 17.9 Å². The molecule has 53 heavy (non-hydrogen) atoms. The van der Waals surface area contributed by atoms with Gasteiger partial charge in [0.2, 0.25) is 5.91 Å². The molecule has 1 rings (SSSR count). The third kappa shape index (κ3) is 18.6. The summed E-state index contributed by atoms with van der Waals surface area (Å²) in [5.74, 6) is -1.10. The molecule has 0 aliphatic carbocycles. The Balaban J connectivity index is 3.08. The number of rotatable bonds is 27. The van der Waals surface area contributed by atoms with Gasteiger partial charge in [-0.1, -0.05) is 75.7 Å². The maximum atomic E-state index is 13.8. The number of unbranched alkanes of at least 4 members (excludes halogenated alkanes) is 8. The summed E-state index contributed by atoms with van der Waals surface area (Å²) in [4.78, 5) is 77.0. The summed E-state index contributed by atoms with van der Waals surface area (Å²) in [7, 11) is 4.01. The molecule has 0 radical (unpaired) electrons. The van der Waals surface area contributed by atoms with Crippen molar-refractivity contribution < 1.29 is 53.2 Å². The summed E-state index contributed by atoms with van der Waals surface area (Å²) in [5, 5.41) is 24.1. The first-order valence-corrected chi connectivity index (χ1v) is 18.3. The van der Waals surface area contributed by atoms with Crippen LogP contribution in [0.1, 0.15) is 103 Å². The van der Waals surface area contributed by atoms with Gasteiger partial charge in [-0.05, 0) is 50.3 Å². The molecule has 3 N–H and O–H groups in total. The van der Waals surface area contributed by atoms with E-state index in [0.29, 0.717) is 37.0 Å². The number of amides is 2. The Kier molecular flexibility index (Phi) is 22.8. The van der Waals surface area contributed by atoms with E-state index in [1.165, 1.54) is 32.7 Å². The minimum Gasteiger partial charge on any atom is -0.481 e. The van der Waals surface area contributed by atoms with Crippen molar-refractivity contribution in [3.8, 4) is 17.6 Å². The molecule has 3 atom stereocenters. The normalized spacial score (nSPS) is 13.1. The van der Waals surface area contributed by atoms with E-state index in [-0.39, 0.29) is 18.8 Å². The van der Waals surface area contributed by atoms with Crippen LogP contribution < -0.4 is 10.1 Å². The third-order valence-electron chi connectivity index (χ3n) is 8.55. The molecular formula is C40H58N2O11. The fraction of sp³-hybridized carbons (Fsp3) is 0.600. The number of aliphatic hydroxyl groups is 1. The number of carboxylic acids is 1. The maximum absolute atomic E-state index is 13.8. The lowest BCUT2D eigenvalue weighted by Crippen LogP contribution is -2.55. The van der Waals surface area contributed by atoms with Crippen LogP contribution in [0.4, 0.5) is 0 Å². The molecule has 0 unspecified atom stereocenters. The largest absolute Gasteiger partial charge is 0.481 e. The molecular weight excluding hydrogens is 684 g/mol. The number of ether oxygens (including phenoxy) is 3. The second kappa shape index (κ2) is 26.1. The second-order valence-electron chi connectivity index (χ2n) is 13.1. The highest BCUT2D eigenvalue weighted by atomic mass is 16.5. The minimum absolute atomic E-state index is 0.0502. The number of Topliss-reactive ketones (excluding diaryl/α,β-unsaturated/α-hetero) is 1. The molecule has 0 aromatic heterocycles. The zero-order chi connectivity index (χ0) is 39.6. The van der Waals surface area contributed by atoms with E-state index < -0.39 is 60.3 Å². The zero-order valence-electron chi connectivity index (χ0n) is 31.9. The van der Waals surface area contributed by atoms with Crippen molar-refractivity contribution >= 4 is 35.5 Å². The molecule has 0 aliphatic rings. The monoisotopic (exact) mass is 742 g/mol. The molecule has 13 nitrogen and oxygen atoms in total. The molecule has 2 amide bonds. The first-order valence-electron chi connectivity index (χ1n) is 18.3. The lowest BCUT2D eigenvalue weighted by Gasteiger charge is -2.30. The number of nitrogens with one attached hydrogen (secondary N) is 1. The fourth-order valence-electron chi connectivity index (χ4n) is 5.29. The van der Waals surface area contributed by atoms with E-state index in [2.05, 4.69) is 24.1 Å². The predicted molar refractivity (Wildman–Crippen MR) is 199 cm³/mol. The summed E-state index contributed by atoms with van der Waals surface area (Å²) in [6.45, 7) is 3.34. The highest BCUT2D eigenvalue weighted by molar-refractivity contribution is 5.95. The van der Waals surface area contributed by atoms with Crippen LogP contribution in [0.25, 0.3) is 0 Å². The van der Waals surface area contributed by atoms with Crippen LogP contribution in [0, 0.1) is 17.8 Å². The number of methoxy groups -OCH3 is 1. The van der Waals surface area contributed by atoms with Gasteiger partial charge in [0.25, 0.3) is 5.91 Å². The molecule has 294 valence electrons. The number of allylic oxidation sites excluding steroid dienone is 1. The van der Waals surface area contributed by atoms with Crippen molar-refractivity contribution in [3.63, 3.8) is 0 Å². The van der Waals surface area contributed by atoms with Crippen LogP contribution in [0.2, 0.25) is 0 Å². The summed E-state index contributed by atoms with van der Waals surface area (Å²) in [6.07, 6.45) is 11.6. The van der Waals surface area contributed by atoms with E-state index in [4.69, 9.17) is 14.2 Å².